The average Bonchev–Trinajstić information content (AvgIpc) is 3.04. The SMILES string of the molecule is O=C(c1ccccc1)N1c2ccc([N+](=O)[O-])cc2/C(=C(\O)c2ccccc2)C1O. The largest absolute Gasteiger partial charge is 0.507 e. The molecule has 1 aliphatic rings. The molecule has 0 aromatic heterocycles. The van der Waals surface area contributed by atoms with E-state index in [-0.39, 0.29) is 28.3 Å². The number of hydrogen-bond acceptors (Lipinski definition) is 5. The Kier molecular flexibility index (Phi) is 4.58. The third-order valence-electron chi connectivity index (χ3n) is 4.79. The summed E-state index contributed by atoms with van der Waals surface area (Å²) in [5, 5.41) is 33.1. The van der Waals surface area contributed by atoms with E-state index < -0.39 is 17.1 Å². The van der Waals surface area contributed by atoms with Crippen molar-refractivity contribution in [1.82, 2.24) is 0 Å². The first-order chi connectivity index (χ1) is 14.0. The lowest BCUT2D eigenvalue weighted by molar-refractivity contribution is -0.384. The van der Waals surface area contributed by atoms with Gasteiger partial charge in [0, 0.05) is 28.8 Å². The molecule has 0 spiro atoms. The zero-order valence-electron chi connectivity index (χ0n) is 15.1. The van der Waals surface area contributed by atoms with Crippen LogP contribution in [0.15, 0.2) is 78.9 Å². The number of amides is 1. The van der Waals surface area contributed by atoms with Crippen LogP contribution in [0.3, 0.4) is 0 Å². The number of carbonyl (C=O) groups is 1. The molecule has 1 aliphatic heterocycles. The molecule has 3 aromatic rings. The van der Waals surface area contributed by atoms with E-state index in [2.05, 4.69) is 0 Å². The van der Waals surface area contributed by atoms with Gasteiger partial charge in [-0.25, -0.2) is 0 Å². The Bertz CT molecular complexity index is 1130. The fraction of sp³-hybridized carbons (Fsp3) is 0.0455. The van der Waals surface area contributed by atoms with E-state index in [1.165, 1.54) is 18.2 Å². The number of nitrogens with zero attached hydrogens (tertiary/aromatic N) is 2. The van der Waals surface area contributed by atoms with Crippen LogP contribution in [0.25, 0.3) is 11.3 Å². The number of nitro groups is 1. The van der Waals surface area contributed by atoms with Crippen molar-refractivity contribution in [1.29, 1.82) is 0 Å². The number of fused-ring (bicyclic) bond motifs is 1. The number of carbonyl (C=O) groups excluding carboxylic acids is 1. The molecule has 7 nitrogen and oxygen atoms in total. The van der Waals surface area contributed by atoms with E-state index in [1.807, 2.05) is 0 Å². The summed E-state index contributed by atoms with van der Waals surface area (Å²) in [6, 6.07) is 20.8. The minimum Gasteiger partial charge on any atom is -0.507 e. The zero-order chi connectivity index (χ0) is 20.5. The average molecular weight is 388 g/mol. The number of aliphatic hydroxyl groups excluding tert-OH is 2. The minimum absolute atomic E-state index is 0.0409. The molecule has 0 fully saturated rings. The lowest BCUT2D eigenvalue weighted by Crippen LogP contribution is -2.37. The molecule has 1 atom stereocenters. The van der Waals surface area contributed by atoms with Crippen molar-refractivity contribution in [3.63, 3.8) is 0 Å². The second-order valence-corrected chi connectivity index (χ2v) is 6.50. The fourth-order valence-electron chi connectivity index (χ4n) is 3.40. The topological polar surface area (TPSA) is 104 Å². The normalized spacial score (nSPS) is 17.0. The molecular formula is C22H16N2O5. The summed E-state index contributed by atoms with van der Waals surface area (Å²) >= 11 is 0. The highest BCUT2D eigenvalue weighted by Gasteiger charge is 2.40. The first kappa shape index (κ1) is 18.4. The summed E-state index contributed by atoms with van der Waals surface area (Å²) in [5.74, 6) is -0.729. The summed E-state index contributed by atoms with van der Waals surface area (Å²) in [6.45, 7) is 0. The van der Waals surface area contributed by atoms with E-state index in [9.17, 15) is 25.1 Å². The Labute approximate surface area is 165 Å². The highest BCUT2D eigenvalue weighted by Crippen LogP contribution is 2.44. The Morgan fingerprint density at radius 2 is 1.52 bits per heavy atom. The summed E-state index contributed by atoms with van der Waals surface area (Å²) in [4.78, 5) is 24.9. The van der Waals surface area contributed by atoms with Crippen LogP contribution in [0, 0.1) is 10.1 Å². The Morgan fingerprint density at radius 1 is 0.931 bits per heavy atom. The van der Waals surface area contributed by atoms with Crippen molar-refractivity contribution in [2.24, 2.45) is 0 Å². The van der Waals surface area contributed by atoms with E-state index in [1.54, 1.807) is 60.7 Å². The monoisotopic (exact) mass is 388 g/mol. The van der Waals surface area contributed by atoms with Gasteiger partial charge < -0.3 is 10.2 Å². The van der Waals surface area contributed by atoms with Crippen molar-refractivity contribution in [3.8, 4) is 0 Å². The summed E-state index contributed by atoms with van der Waals surface area (Å²) in [5.41, 5.74) is 1.12. The molecule has 1 unspecified atom stereocenters. The molecule has 0 bridgehead atoms. The predicted octanol–water partition coefficient (Wildman–Crippen LogP) is 4.00. The standard InChI is InChI=1S/C22H16N2O5/c25-20(14-7-3-1-4-8-14)19-17-13-16(24(28)29)11-12-18(17)23(22(19)27)21(26)15-9-5-2-6-10-15/h1-13,22,25,27H/b20-19+. The van der Waals surface area contributed by atoms with Crippen molar-refractivity contribution in [2.45, 2.75) is 6.23 Å². The molecule has 0 radical (unpaired) electrons. The molecule has 3 aromatic carbocycles. The van der Waals surface area contributed by atoms with Gasteiger partial charge in [0.05, 0.1) is 16.2 Å². The number of benzene rings is 3. The van der Waals surface area contributed by atoms with E-state index in [4.69, 9.17) is 0 Å². The number of nitro benzene ring substituents is 1. The summed E-state index contributed by atoms with van der Waals surface area (Å²) < 4.78 is 0. The Balaban J connectivity index is 1.92. The van der Waals surface area contributed by atoms with Gasteiger partial charge in [0.15, 0.2) is 6.23 Å². The molecule has 1 amide bonds. The second-order valence-electron chi connectivity index (χ2n) is 6.50. The first-order valence-electron chi connectivity index (χ1n) is 8.83. The molecular weight excluding hydrogens is 372 g/mol. The lowest BCUT2D eigenvalue weighted by atomic mass is 10.0. The number of anilines is 1. The summed E-state index contributed by atoms with van der Waals surface area (Å²) in [7, 11) is 0. The summed E-state index contributed by atoms with van der Waals surface area (Å²) in [6.07, 6.45) is -1.50. The van der Waals surface area contributed by atoms with Crippen LogP contribution in [0.5, 0.6) is 0 Å². The van der Waals surface area contributed by atoms with Crippen LogP contribution in [0.2, 0.25) is 0 Å². The van der Waals surface area contributed by atoms with E-state index >= 15 is 0 Å². The third kappa shape index (κ3) is 3.13. The molecule has 0 saturated heterocycles. The second kappa shape index (κ2) is 7.21. The Morgan fingerprint density at radius 3 is 2.10 bits per heavy atom. The van der Waals surface area contributed by atoms with Crippen LogP contribution in [0.4, 0.5) is 11.4 Å². The Hall–Kier alpha value is -3.97. The van der Waals surface area contributed by atoms with Crippen LogP contribution >= 0.6 is 0 Å². The molecule has 0 saturated carbocycles. The number of hydrogen-bond donors (Lipinski definition) is 2. The highest BCUT2D eigenvalue weighted by molar-refractivity contribution is 6.14. The van der Waals surface area contributed by atoms with Gasteiger partial charge in [-0.2, -0.15) is 0 Å². The van der Waals surface area contributed by atoms with Crippen molar-refractivity contribution >= 4 is 28.6 Å². The number of aliphatic hydroxyl groups is 2. The van der Waals surface area contributed by atoms with E-state index in [0.717, 1.165) is 4.90 Å². The molecule has 0 aliphatic carbocycles. The number of non-ortho nitro benzene ring substituents is 1. The van der Waals surface area contributed by atoms with Crippen molar-refractivity contribution < 1.29 is 19.9 Å². The molecule has 1 heterocycles. The molecule has 144 valence electrons. The van der Waals surface area contributed by atoms with Crippen molar-refractivity contribution in [2.75, 3.05) is 4.90 Å². The highest BCUT2D eigenvalue weighted by atomic mass is 16.6. The fourth-order valence-corrected chi connectivity index (χ4v) is 3.40. The molecule has 7 heteroatoms. The molecule has 4 rings (SSSR count). The lowest BCUT2D eigenvalue weighted by Gasteiger charge is -2.22. The minimum atomic E-state index is -1.50. The molecule has 2 N–H and O–H groups in total. The van der Waals surface area contributed by atoms with Gasteiger partial charge in [0.25, 0.3) is 11.6 Å². The van der Waals surface area contributed by atoms with Crippen LogP contribution < -0.4 is 4.90 Å². The third-order valence-corrected chi connectivity index (χ3v) is 4.79. The maximum atomic E-state index is 13.1. The van der Waals surface area contributed by atoms with Gasteiger partial charge in [-0.1, -0.05) is 48.5 Å². The quantitative estimate of drug-likeness (QED) is 0.401. The van der Waals surface area contributed by atoms with E-state index in [0.29, 0.717) is 11.1 Å². The van der Waals surface area contributed by atoms with Gasteiger partial charge in [0.1, 0.15) is 5.76 Å². The zero-order valence-corrected chi connectivity index (χ0v) is 15.1. The van der Waals surface area contributed by atoms with Gasteiger partial charge in [-0.05, 0) is 18.2 Å². The van der Waals surface area contributed by atoms with Crippen LogP contribution in [-0.4, -0.2) is 27.3 Å². The predicted molar refractivity (Wildman–Crippen MR) is 108 cm³/mol. The van der Waals surface area contributed by atoms with Crippen LogP contribution in [0.1, 0.15) is 21.5 Å². The maximum absolute atomic E-state index is 13.1. The first-order valence-corrected chi connectivity index (χ1v) is 8.83. The van der Waals surface area contributed by atoms with Crippen LogP contribution in [-0.2, 0) is 0 Å². The maximum Gasteiger partial charge on any atom is 0.270 e. The van der Waals surface area contributed by atoms with Crippen molar-refractivity contribution in [3.05, 3.63) is 106 Å². The van der Waals surface area contributed by atoms with Gasteiger partial charge >= 0.3 is 0 Å². The molecule has 29 heavy (non-hydrogen) atoms. The van der Waals surface area contributed by atoms with Gasteiger partial charge in [-0.3, -0.25) is 19.8 Å². The number of rotatable bonds is 3. The smallest absolute Gasteiger partial charge is 0.270 e. The van der Waals surface area contributed by atoms with Gasteiger partial charge in [-0.15, -0.1) is 0 Å². The van der Waals surface area contributed by atoms with Gasteiger partial charge in [0.2, 0.25) is 0 Å².